The van der Waals surface area contributed by atoms with Crippen molar-refractivity contribution < 1.29 is 18.7 Å². The number of rotatable bonds is 13. The van der Waals surface area contributed by atoms with Crippen LogP contribution in [0.3, 0.4) is 0 Å². The topological polar surface area (TPSA) is 185 Å². The van der Waals surface area contributed by atoms with Gasteiger partial charge in [-0.3, -0.25) is 24.5 Å². The maximum atomic E-state index is 13.9. The van der Waals surface area contributed by atoms with Crippen LogP contribution in [0.1, 0.15) is 98.7 Å². The highest BCUT2D eigenvalue weighted by atomic mass is 32.2. The standard InChI is InChI=1S/C46H55N9O5S/c1-2-31-6-3-4-7-38(31)40-8-5-19-54(40)35-25-46(26-35)16-20-53(21-17-46)34-13-14-39(42(23-34)60-36-22-32-15-18-48-43(32)50-28-36)45(56)52-61(59)37-24-41(55(57)58)44(51-29-37)49-27-30-9-11-33(47)12-10-30/h3-4,6-7,13-15,18,22-24,28-30,33,35,40H,2,5,8-12,16-17,19-21,25-27,47H2,1H3,(H,48,50)(H,49,51)(H,52,56)/t30?,33?,40-,61?/m0/s1. The van der Waals surface area contributed by atoms with Crippen molar-refractivity contribution in [2.75, 3.05) is 36.4 Å². The van der Waals surface area contributed by atoms with Gasteiger partial charge in [-0.05, 0) is 124 Å². The van der Waals surface area contributed by atoms with Crippen LogP contribution in [0.25, 0.3) is 11.0 Å². The molecule has 2 saturated carbocycles. The average molecular weight is 846 g/mol. The summed E-state index contributed by atoms with van der Waals surface area (Å²) in [6, 6.07) is 20.7. The Balaban J connectivity index is 0.884. The summed E-state index contributed by atoms with van der Waals surface area (Å²) in [5, 5.41) is 16.0. The van der Waals surface area contributed by atoms with Crippen LogP contribution in [0.2, 0.25) is 0 Å². The van der Waals surface area contributed by atoms with Crippen LogP contribution in [0, 0.1) is 21.4 Å². The van der Waals surface area contributed by atoms with Gasteiger partial charge in [0.25, 0.3) is 5.91 Å². The second kappa shape index (κ2) is 17.5. The third-order valence-corrected chi connectivity index (χ3v) is 14.8. The lowest BCUT2D eigenvalue weighted by atomic mass is 9.59. The molecule has 5 N–H and O–H groups in total. The molecule has 1 unspecified atom stereocenters. The van der Waals surface area contributed by atoms with Crippen molar-refractivity contribution in [3.8, 4) is 11.5 Å². The highest BCUT2D eigenvalue weighted by Crippen LogP contribution is 2.54. The zero-order valence-corrected chi connectivity index (χ0v) is 35.5. The number of aryl methyl sites for hydroxylation is 1. The van der Waals surface area contributed by atoms with Crippen molar-refractivity contribution >= 4 is 45.1 Å². The van der Waals surface area contributed by atoms with E-state index in [-0.39, 0.29) is 33.8 Å². The van der Waals surface area contributed by atoms with Gasteiger partial charge >= 0.3 is 5.69 Å². The second-order valence-electron chi connectivity index (χ2n) is 17.5. The number of piperidine rings is 1. The summed E-state index contributed by atoms with van der Waals surface area (Å²) in [7, 11) is -2.16. The van der Waals surface area contributed by atoms with Crippen molar-refractivity contribution in [2.24, 2.45) is 17.1 Å². The van der Waals surface area contributed by atoms with E-state index in [4.69, 9.17) is 10.5 Å². The summed E-state index contributed by atoms with van der Waals surface area (Å²) in [6.45, 7) is 5.75. The number of fused-ring (bicyclic) bond motifs is 1. The first-order chi connectivity index (χ1) is 29.6. The summed E-state index contributed by atoms with van der Waals surface area (Å²) in [4.78, 5) is 42.4. The molecular weight excluding hydrogens is 791 g/mol. The summed E-state index contributed by atoms with van der Waals surface area (Å²) in [5.74, 6) is 0.505. The van der Waals surface area contributed by atoms with E-state index in [9.17, 15) is 19.1 Å². The van der Waals surface area contributed by atoms with Crippen LogP contribution >= 0.6 is 0 Å². The maximum absolute atomic E-state index is 13.9. The van der Waals surface area contributed by atoms with Gasteiger partial charge in [0.2, 0.25) is 5.82 Å². The molecule has 4 fully saturated rings. The molecule has 5 heterocycles. The molecule has 4 aliphatic rings. The Morgan fingerprint density at radius 2 is 1.82 bits per heavy atom. The van der Waals surface area contributed by atoms with Gasteiger partial charge in [0.05, 0.1) is 21.6 Å². The quantitative estimate of drug-likeness (QED) is 0.0662. The molecule has 2 aromatic carbocycles. The van der Waals surface area contributed by atoms with Gasteiger partial charge in [-0.15, -0.1) is 0 Å². The maximum Gasteiger partial charge on any atom is 0.312 e. The van der Waals surface area contributed by atoms with Gasteiger partial charge < -0.3 is 25.7 Å². The number of nitro groups is 1. The number of nitrogens with zero attached hydrogens (tertiary/aromatic N) is 5. The second-order valence-corrected chi connectivity index (χ2v) is 18.7. The van der Waals surface area contributed by atoms with Crippen molar-refractivity contribution in [3.05, 3.63) is 106 Å². The lowest BCUT2D eigenvalue weighted by Gasteiger charge is -2.56. The largest absolute Gasteiger partial charge is 0.455 e. The molecule has 0 bridgehead atoms. The van der Waals surface area contributed by atoms with Gasteiger partial charge in [-0.1, -0.05) is 31.2 Å². The zero-order chi connectivity index (χ0) is 42.1. The van der Waals surface area contributed by atoms with Gasteiger partial charge in [-0.2, -0.15) is 0 Å². The van der Waals surface area contributed by atoms with Crippen LogP contribution in [0.5, 0.6) is 11.5 Å². The Morgan fingerprint density at radius 3 is 2.61 bits per heavy atom. The molecule has 5 aromatic rings. The Morgan fingerprint density at radius 1 is 1.02 bits per heavy atom. The molecule has 0 radical (unpaired) electrons. The minimum absolute atomic E-state index is 0.00180. The minimum atomic E-state index is -2.16. The van der Waals surface area contributed by atoms with E-state index in [2.05, 4.69) is 66.0 Å². The van der Waals surface area contributed by atoms with E-state index >= 15 is 0 Å². The first-order valence-electron chi connectivity index (χ1n) is 21.9. The Kier molecular flexibility index (Phi) is 11.8. The number of ether oxygens (including phenoxy) is 1. The van der Waals surface area contributed by atoms with E-state index in [1.807, 2.05) is 24.3 Å². The summed E-state index contributed by atoms with van der Waals surface area (Å²) in [5.41, 5.74) is 10.9. The van der Waals surface area contributed by atoms with Gasteiger partial charge in [-0.25, -0.2) is 14.2 Å². The van der Waals surface area contributed by atoms with E-state index in [1.165, 1.54) is 55.6 Å². The SMILES string of the molecule is CCc1ccccc1[C@@H]1CCCN1C1CC2(CCN(c3ccc(C(=O)NS(=O)c4cnc(NCC5CCC(N)CC5)c([N+](=O)[O-])c4)c(Oc4cnc5[nH]ccc5c4)c3)CC2)C1. The number of hydrogen-bond donors (Lipinski definition) is 4. The third kappa shape index (κ3) is 8.73. The third-order valence-electron chi connectivity index (χ3n) is 13.8. The summed E-state index contributed by atoms with van der Waals surface area (Å²) < 4.78 is 22.5. The Hall–Kier alpha value is -5.38. The highest BCUT2D eigenvalue weighted by Gasteiger charge is 2.50. The van der Waals surface area contributed by atoms with E-state index in [0.29, 0.717) is 41.4 Å². The molecule has 15 heteroatoms. The van der Waals surface area contributed by atoms with Crippen LogP contribution in [-0.2, 0) is 17.4 Å². The molecule has 2 aliphatic heterocycles. The smallest absolute Gasteiger partial charge is 0.312 e. The number of pyridine rings is 2. The van der Waals surface area contributed by atoms with Crippen LogP contribution in [-0.4, -0.2) is 73.2 Å². The monoisotopic (exact) mass is 845 g/mol. The number of aromatic amines is 1. The molecule has 1 amide bonds. The van der Waals surface area contributed by atoms with Crippen LogP contribution in [0.15, 0.2) is 84.1 Å². The minimum Gasteiger partial charge on any atom is -0.455 e. The number of anilines is 2. The Bertz CT molecular complexity index is 2420. The number of H-pyrrole nitrogens is 1. The zero-order valence-electron chi connectivity index (χ0n) is 34.7. The lowest BCUT2D eigenvalue weighted by molar-refractivity contribution is -0.384. The Labute approximate surface area is 358 Å². The molecule has 2 saturated heterocycles. The normalized spacial score (nSPS) is 22.2. The molecule has 14 nitrogen and oxygen atoms in total. The predicted octanol–water partition coefficient (Wildman–Crippen LogP) is 8.19. The number of benzene rings is 2. The molecule has 61 heavy (non-hydrogen) atoms. The van der Waals surface area contributed by atoms with E-state index in [0.717, 1.165) is 69.1 Å². The first-order valence-corrected chi connectivity index (χ1v) is 23.0. The first kappa shape index (κ1) is 41.0. The number of nitrogens with two attached hydrogens (primary N) is 1. The molecule has 2 atom stereocenters. The average Bonchev–Trinajstić information content (AvgIpc) is 3.95. The van der Waals surface area contributed by atoms with E-state index < -0.39 is 21.8 Å². The molecule has 2 aliphatic carbocycles. The predicted molar refractivity (Wildman–Crippen MR) is 237 cm³/mol. The fourth-order valence-electron chi connectivity index (χ4n) is 10.3. The van der Waals surface area contributed by atoms with Crippen LogP contribution < -0.4 is 25.4 Å². The number of carbonyl (C=O) groups is 1. The summed E-state index contributed by atoms with van der Waals surface area (Å²) >= 11 is 0. The van der Waals surface area contributed by atoms with Crippen molar-refractivity contribution in [1.82, 2.24) is 24.6 Å². The number of aromatic nitrogens is 3. The molecule has 3 aromatic heterocycles. The fourth-order valence-corrected chi connectivity index (χ4v) is 11.1. The van der Waals surface area contributed by atoms with Crippen molar-refractivity contribution in [1.29, 1.82) is 0 Å². The number of likely N-dealkylation sites (tertiary alicyclic amines) is 1. The molecular formula is C46H55N9O5S. The highest BCUT2D eigenvalue weighted by molar-refractivity contribution is 7.83. The number of amides is 1. The molecule has 9 rings (SSSR count). The van der Waals surface area contributed by atoms with Gasteiger partial charge in [0.15, 0.2) is 11.0 Å². The summed E-state index contributed by atoms with van der Waals surface area (Å²) in [6.07, 6.45) is 16.6. The lowest BCUT2D eigenvalue weighted by Crippen LogP contribution is -2.54. The number of carbonyl (C=O) groups excluding carboxylic acids is 1. The van der Waals surface area contributed by atoms with E-state index in [1.54, 1.807) is 18.5 Å². The van der Waals surface area contributed by atoms with Gasteiger partial charge in [0.1, 0.15) is 17.1 Å². The number of hydrogen-bond acceptors (Lipinski definition) is 11. The fraction of sp³-hybridized carbons (Fsp3) is 0.457. The van der Waals surface area contributed by atoms with Gasteiger partial charge in [0, 0.05) is 73.4 Å². The molecule has 320 valence electrons. The van der Waals surface area contributed by atoms with Crippen molar-refractivity contribution in [2.45, 2.75) is 101 Å². The van der Waals surface area contributed by atoms with Crippen LogP contribution in [0.4, 0.5) is 17.2 Å². The number of nitrogens with one attached hydrogen (secondary N) is 3. The van der Waals surface area contributed by atoms with Crippen molar-refractivity contribution in [3.63, 3.8) is 0 Å². The molecule has 1 spiro atoms.